The summed E-state index contributed by atoms with van der Waals surface area (Å²) in [6.07, 6.45) is 0. The lowest BCUT2D eigenvalue weighted by Gasteiger charge is -2.14. The van der Waals surface area contributed by atoms with Crippen LogP contribution in [-0.2, 0) is 15.0 Å². The van der Waals surface area contributed by atoms with E-state index in [1.807, 2.05) is 13.8 Å². The first-order valence-corrected chi connectivity index (χ1v) is 4.62. The Morgan fingerprint density at radius 1 is 1.40 bits per heavy atom. The number of hydrogen-bond acceptors (Lipinski definition) is 3. The normalized spacial score (nSPS) is 16.8. The number of nitrogens with one attached hydrogen (secondary N) is 1. The Balaban J connectivity index is 2.46. The summed E-state index contributed by atoms with van der Waals surface area (Å²) in [6.45, 7) is 4.08. The van der Waals surface area contributed by atoms with Crippen molar-refractivity contribution in [2.75, 3.05) is 5.32 Å². The number of fused-ring (bicyclic) bond motifs is 1. The monoisotopic (exact) mass is 205 g/mol. The van der Waals surface area contributed by atoms with E-state index in [0.29, 0.717) is 17.9 Å². The number of rotatable bonds is 2. The zero-order valence-electron chi connectivity index (χ0n) is 8.53. The van der Waals surface area contributed by atoms with Crippen LogP contribution in [0.1, 0.15) is 19.4 Å². The van der Waals surface area contributed by atoms with Crippen LogP contribution in [0.2, 0.25) is 0 Å². The molecule has 2 rings (SSSR count). The van der Waals surface area contributed by atoms with Crippen molar-refractivity contribution in [1.82, 2.24) is 0 Å². The largest absolute Gasteiger partial charge is 0.429 e. The molecule has 15 heavy (non-hydrogen) atoms. The third-order valence-electron chi connectivity index (χ3n) is 2.66. The maximum atomic E-state index is 11.6. The van der Waals surface area contributed by atoms with Gasteiger partial charge in [0.1, 0.15) is 5.75 Å². The Morgan fingerprint density at radius 2 is 2.13 bits per heavy atom. The summed E-state index contributed by atoms with van der Waals surface area (Å²) < 4.78 is 4.70. The van der Waals surface area contributed by atoms with Crippen molar-refractivity contribution in [3.05, 3.63) is 23.8 Å². The second-order valence-electron chi connectivity index (χ2n) is 4.00. The SMILES string of the molecule is CC1(C)C(=O)Nc2cc(OC=O)ccc21. The first-order valence-electron chi connectivity index (χ1n) is 4.62. The van der Waals surface area contributed by atoms with E-state index in [4.69, 9.17) is 4.74 Å². The van der Waals surface area contributed by atoms with Crippen LogP contribution in [0.4, 0.5) is 5.69 Å². The standard InChI is InChI=1S/C11H11NO3/c1-11(2)8-4-3-7(15-6-13)5-9(8)12-10(11)14/h3-6H,1-2H3,(H,12,14). The Kier molecular flexibility index (Phi) is 2.00. The predicted molar refractivity (Wildman–Crippen MR) is 54.8 cm³/mol. The highest BCUT2D eigenvalue weighted by Crippen LogP contribution is 2.38. The van der Waals surface area contributed by atoms with Crippen LogP contribution in [0.3, 0.4) is 0 Å². The lowest BCUT2D eigenvalue weighted by atomic mass is 9.86. The molecule has 1 heterocycles. The molecule has 0 saturated heterocycles. The third-order valence-corrected chi connectivity index (χ3v) is 2.66. The summed E-state index contributed by atoms with van der Waals surface area (Å²) >= 11 is 0. The molecule has 0 unspecified atom stereocenters. The topological polar surface area (TPSA) is 55.4 Å². The number of hydrogen-bond donors (Lipinski definition) is 1. The van der Waals surface area contributed by atoms with Crippen molar-refractivity contribution < 1.29 is 14.3 Å². The zero-order valence-corrected chi connectivity index (χ0v) is 8.53. The predicted octanol–water partition coefficient (Wildman–Crippen LogP) is 1.45. The van der Waals surface area contributed by atoms with Crippen molar-refractivity contribution in [2.45, 2.75) is 19.3 Å². The Labute approximate surface area is 87.2 Å². The van der Waals surface area contributed by atoms with Crippen molar-refractivity contribution in [3.8, 4) is 5.75 Å². The molecule has 1 amide bonds. The fourth-order valence-corrected chi connectivity index (χ4v) is 1.70. The van der Waals surface area contributed by atoms with E-state index < -0.39 is 5.41 Å². The molecule has 0 saturated carbocycles. The van der Waals surface area contributed by atoms with Gasteiger partial charge in [0, 0.05) is 11.8 Å². The van der Waals surface area contributed by atoms with Gasteiger partial charge in [-0.1, -0.05) is 6.07 Å². The van der Waals surface area contributed by atoms with E-state index in [1.54, 1.807) is 18.2 Å². The van der Waals surface area contributed by atoms with Gasteiger partial charge in [0.15, 0.2) is 0 Å². The number of ether oxygens (including phenoxy) is 1. The van der Waals surface area contributed by atoms with Gasteiger partial charge >= 0.3 is 0 Å². The van der Waals surface area contributed by atoms with Crippen LogP contribution in [0.15, 0.2) is 18.2 Å². The molecule has 1 aliphatic rings. The molecule has 4 heteroatoms. The smallest absolute Gasteiger partial charge is 0.298 e. The van der Waals surface area contributed by atoms with Gasteiger partial charge in [-0.25, -0.2) is 0 Å². The minimum atomic E-state index is -0.519. The Hall–Kier alpha value is -1.84. The second kappa shape index (κ2) is 3.08. The molecular weight excluding hydrogens is 194 g/mol. The van der Waals surface area contributed by atoms with Crippen molar-refractivity contribution in [3.63, 3.8) is 0 Å². The van der Waals surface area contributed by atoms with E-state index in [1.165, 1.54) is 0 Å². The Morgan fingerprint density at radius 3 is 2.80 bits per heavy atom. The lowest BCUT2D eigenvalue weighted by Crippen LogP contribution is -2.26. The van der Waals surface area contributed by atoms with E-state index in [-0.39, 0.29) is 5.91 Å². The van der Waals surface area contributed by atoms with Crippen molar-refractivity contribution >= 4 is 18.1 Å². The molecule has 78 valence electrons. The minimum Gasteiger partial charge on any atom is -0.429 e. The van der Waals surface area contributed by atoms with Gasteiger partial charge in [-0.05, 0) is 25.5 Å². The zero-order chi connectivity index (χ0) is 11.1. The van der Waals surface area contributed by atoms with E-state index in [0.717, 1.165) is 5.56 Å². The second-order valence-corrected chi connectivity index (χ2v) is 4.00. The average molecular weight is 205 g/mol. The quantitative estimate of drug-likeness (QED) is 0.743. The molecule has 1 aromatic carbocycles. The maximum Gasteiger partial charge on any atom is 0.298 e. The van der Waals surface area contributed by atoms with Crippen LogP contribution in [0.5, 0.6) is 5.75 Å². The van der Waals surface area contributed by atoms with E-state index >= 15 is 0 Å². The van der Waals surface area contributed by atoms with Gasteiger partial charge in [0.05, 0.1) is 5.41 Å². The number of carbonyl (C=O) groups excluding carboxylic acids is 2. The van der Waals surface area contributed by atoms with Gasteiger partial charge in [0.25, 0.3) is 6.47 Å². The van der Waals surface area contributed by atoms with E-state index in [9.17, 15) is 9.59 Å². The summed E-state index contributed by atoms with van der Waals surface area (Å²) in [5, 5.41) is 2.75. The van der Waals surface area contributed by atoms with Crippen LogP contribution >= 0.6 is 0 Å². The van der Waals surface area contributed by atoms with Gasteiger partial charge in [0.2, 0.25) is 5.91 Å². The highest BCUT2D eigenvalue weighted by Gasteiger charge is 2.38. The highest BCUT2D eigenvalue weighted by molar-refractivity contribution is 6.05. The number of anilines is 1. The number of carbonyl (C=O) groups is 2. The maximum absolute atomic E-state index is 11.6. The average Bonchev–Trinajstić information content (AvgIpc) is 2.38. The fraction of sp³-hybridized carbons (Fsp3) is 0.273. The van der Waals surface area contributed by atoms with E-state index in [2.05, 4.69) is 5.32 Å². The van der Waals surface area contributed by atoms with Crippen LogP contribution < -0.4 is 10.1 Å². The molecule has 0 atom stereocenters. The molecule has 0 spiro atoms. The fourth-order valence-electron chi connectivity index (χ4n) is 1.70. The van der Waals surface area contributed by atoms with Crippen LogP contribution in [0, 0.1) is 0 Å². The highest BCUT2D eigenvalue weighted by atomic mass is 16.5. The number of amides is 1. The summed E-state index contributed by atoms with van der Waals surface area (Å²) in [6, 6.07) is 5.12. The molecule has 0 aliphatic carbocycles. The summed E-state index contributed by atoms with van der Waals surface area (Å²) in [7, 11) is 0. The molecule has 0 fully saturated rings. The minimum absolute atomic E-state index is 0.0410. The van der Waals surface area contributed by atoms with Gasteiger partial charge < -0.3 is 10.1 Å². The van der Waals surface area contributed by atoms with Crippen molar-refractivity contribution in [2.24, 2.45) is 0 Å². The molecule has 0 aromatic heterocycles. The Bertz CT molecular complexity index is 437. The van der Waals surface area contributed by atoms with Crippen LogP contribution in [-0.4, -0.2) is 12.4 Å². The summed E-state index contributed by atoms with van der Waals surface area (Å²) in [5.74, 6) is 0.391. The van der Waals surface area contributed by atoms with Gasteiger partial charge in [-0.3, -0.25) is 9.59 Å². The lowest BCUT2D eigenvalue weighted by molar-refractivity contribution is -0.121. The van der Waals surface area contributed by atoms with Crippen molar-refractivity contribution in [1.29, 1.82) is 0 Å². The van der Waals surface area contributed by atoms with Gasteiger partial charge in [-0.2, -0.15) is 0 Å². The molecule has 1 N–H and O–H groups in total. The summed E-state index contributed by atoms with van der Waals surface area (Å²) in [5.41, 5.74) is 1.12. The third kappa shape index (κ3) is 1.38. The molecule has 0 bridgehead atoms. The number of benzene rings is 1. The first kappa shape index (κ1) is 9.71. The molecule has 1 aliphatic heterocycles. The van der Waals surface area contributed by atoms with Gasteiger partial charge in [-0.15, -0.1) is 0 Å². The van der Waals surface area contributed by atoms with Crippen LogP contribution in [0.25, 0.3) is 0 Å². The molecular formula is C11H11NO3. The summed E-state index contributed by atoms with van der Waals surface area (Å²) in [4.78, 5) is 21.8. The molecule has 4 nitrogen and oxygen atoms in total. The molecule has 0 radical (unpaired) electrons. The molecule has 1 aromatic rings. The first-order chi connectivity index (χ1) is 7.05.